The van der Waals surface area contributed by atoms with E-state index in [0.29, 0.717) is 21.3 Å². The number of halogens is 1. The molecule has 0 radical (unpaired) electrons. The Bertz CT molecular complexity index is 1450. The molecule has 4 rings (SSSR count). The van der Waals surface area contributed by atoms with Crippen LogP contribution in [0.1, 0.15) is 16.3 Å². The van der Waals surface area contributed by atoms with Gasteiger partial charge in [-0.25, -0.2) is 19.2 Å². The van der Waals surface area contributed by atoms with Crippen LogP contribution in [0.3, 0.4) is 0 Å². The first-order valence-electron chi connectivity index (χ1n) is 11.1. The monoisotopic (exact) mass is 533 g/mol. The summed E-state index contributed by atoms with van der Waals surface area (Å²) in [7, 11) is 0. The normalized spacial score (nSPS) is 11.4. The number of hydrogen-bond donors (Lipinski definition) is 2. The average Bonchev–Trinajstić information content (AvgIpc) is 3.59. The Morgan fingerprint density at radius 3 is 2.65 bits per heavy atom. The largest absolute Gasteiger partial charge is 0.345 e. The molecule has 4 aromatic rings. The lowest BCUT2D eigenvalue weighted by Crippen LogP contribution is -2.49. The summed E-state index contributed by atoms with van der Waals surface area (Å²) < 4.78 is 13.8. The Kier molecular flexibility index (Phi) is 8.45. The van der Waals surface area contributed by atoms with Gasteiger partial charge in [0.2, 0.25) is 11.7 Å². The third-order valence-electron chi connectivity index (χ3n) is 5.19. The maximum Gasteiger partial charge on any atom is 0.289 e. The lowest BCUT2D eigenvalue weighted by atomic mass is 10.0. The smallest absolute Gasteiger partial charge is 0.289 e. The maximum absolute atomic E-state index is 13.8. The molecule has 2 aromatic carbocycles. The zero-order valence-corrected chi connectivity index (χ0v) is 20.9. The van der Waals surface area contributed by atoms with Crippen molar-refractivity contribution in [1.29, 1.82) is 0 Å². The number of nitrogens with zero attached hydrogens (tertiary/aromatic N) is 3. The number of Topliss-reactive ketones (excluding diaryl/α,β-unsaturated/α-hetero) is 1. The molecule has 2 aromatic heterocycles. The van der Waals surface area contributed by atoms with Gasteiger partial charge < -0.3 is 10.6 Å². The topological polar surface area (TPSA) is 105 Å². The number of aromatic nitrogens is 2. The highest BCUT2D eigenvalue weighted by molar-refractivity contribution is 7.13. The number of ketones is 1. The van der Waals surface area contributed by atoms with E-state index >= 15 is 0 Å². The van der Waals surface area contributed by atoms with Gasteiger partial charge in [-0.1, -0.05) is 30.3 Å². The van der Waals surface area contributed by atoms with Gasteiger partial charge in [0.25, 0.3) is 5.91 Å². The molecule has 0 spiro atoms. The van der Waals surface area contributed by atoms with E-state index in [1.807, 2.05) is 30.3 Å². The minimum absolute atomic E-state index is 0.116. The first kappa shape index (κ1) is 25.8. The zero-order chi connectivity index (χ0) is 26.2. The molecule has 2 N–H and O–H groups in total. The van der Waals surface area contributed by atoms with Crippen molar-refractivity contribution in [1.82, 2.24) is 20.6 Å². The Morgan fingerprint density at radius 2 is 1.92 bits per heavy atom. The molecule has 37 heavy (non-hydrogen) atoms. The minimum atomic E-state index is -1.08. The average molecular weight is 534 g/mol. The predicted octanol–water partition coefficient (Wildman–Crippen LogP) is 4.11. The fourth-order valence-corrected chi connectivity index (χ4v) is 4.86. The van der Waals surface area contributed by atoms with Crippen LogP contribution in [0.4, 0.5) is 10.1 Å². The summed E-state index contributed by atoms with van der Waals surface area (Å²) >= 11 is 2.57. The highest BCUT2D eigenvalue weighted by atomic mass is 32.1. The van der Waals surface area contributed by atoms with Gasteiger partial charge in [-0.2, -0.15) is 0 Å². The van der Waals surface area contributed by atoms with Crippen LogP contribution >= 0.6 is 22.7 Å². The van der Waals surface area contributed by atoms with Crippen LogP contribution in [0, 0.1) is 12.4 Å². The number of thiazole rings is 2. The fraction of sp³-hybridized carbons (Fsp3) is 0.154. The first-order chi connectivity index (χ1) is 17.9. The van der Waals surface area contributed by atoms with Crippen molar-refractivity contribution in [3.8, 4) is 10.6 Å². The molecule has 1 atom stereocenters. The van der Waals surface area contributed by atoms with E-state index in [1.165, 1.54) is 34.8 Å². The van der Waals surface area contributed by atoms with Crippen molar-refractivity contribution < 1.29 is 18.8 Å². The lowest BCUT2D eigenvalue weighted by molar-refractivity contribution is -0.140. The predicted molar refractivity (Wildman–Crippen MR) is 139 cm³/mol. The summed E-state index contributed by atoms with van der Waals surface area (Å²) in [5.41, 5.74) is 1.80. The molecule has 0 fully saturated rings. The number of benzene rings is 2. The second-order valence-corrected chi connectivity index (χ2v) is 9.75. The van der Waals surface area contributed by atoms with Crippen molar-refractivity contribution in [3.63, 3.8) is 0 Å². The van der Waals surface area contributed by atoms with Gasteiger partial charge in [-0.15, -0.1) is 22.7 Å². The lowest BCUT2D eigenvalue weighted by Gasteiger charge is -2.17. The zero-order valence-electron chi connectivity index (χ0n) is 19.3. The molecule has 2 amide bonds. The van der Waals surface area contributed by atoms with E-state index < -0.39 is 29.5 Å². The first-order valence-corrected chi connectivity index (χ1v) is 12.8. The number of hydrogen-bond acceptors (Lipinski definition) is 7. The van der Waals surface area contributed by atoms with Crippen LogP contribution in [-0.4, -0.2) is 33.6 Å². The van der Waals surface area contributed by atoms with E-state index in [4.69, 9.17) is 6.57 Å². The van der Waals surface area contributed by atoms with E-state index in [1.54, 1.807) is 17.0 Å². The number of nitrogens with one attached hydrogen (secondary N) is 2. The molecule has 0 aliphatic heterocycles. The Hall–Kier alpha value is -4.27. The Balaban J connectivity index is 1.44. The van der Waals surface area contributed by atoms with E-state index in [-0.39, 0.29) is 25.1 Å². The van der Waals surface area contributed by atoms with Crippen molar-refractivity contribution in [2.24, 2.45) is 0 Å². The SMILES string of the molecule is [C-]#[N+]c1cc(F)cc(-c2nc(CC(=O)N[C@H](Cc3ccccc3)C(=O)C(=O)NCc3nccs3)cs2)c1. The molecular formula is C26H20FN5O3S2. The van der Waals surface area contributed by atoms with Gasteiger partial charge in [-0.05, 0) is 23.8 Å². The van der Waals surface area contributed by atoms with Crippen LogP contribution < -0.4 is 10.6 Å². The Morgan fingerprint density at radius 1 is 1.11 bits per heavy atom. The molecule has 0 saturated carbocycles. The van der Waals surface area contributed by atoms with Gasteiger partial charge >= 0.3 is 0 Å². The molecule has 0 unspecified atom stereocenters. The van der Waals surface area contributed by atoms with E-state index in [2.05, 4.69) is 25.4 Å². The van der Waals surface area contributed by atoms with E-state index in [0.717, 1.165) is 11.6 Å². The molecule has 0 aliphatic rings. The van der Waals surface area contributed by atoms with Gasteiger partial charge in [0, 0.05) is 28.9 Å². The van der Waals surface area contributed by atoms with Crippen LogP contribution in [-0.2, 0) is 33.8 Å². The quantitative estimate of drug-likeness (QED) is 0.236. The van der Waals surface area contributed by atoms with Gasteiger partial charge in [0.15, 0.2) is 5.69 Å². The van der Waals surface area contributed by atoms with Crippen LogP contribution in [0.2, 0.25) is 0 Å². The second kappa shape index (κ2) is 12.1. The van der Waals surface area contributed by atoms with Gasteiger partial charge in [0.1, 0.15) is 21.9 Å². The number of carbonyl (C=O) groups excluding carboxylic acids is 3. The summed E-state index contributed by atoms with van der Waals surface area (Å²) in [6.07, 6.45) is 1.61. The molecule has 8 nitrogen and oxygen atoms in total. The number of carbonyl (C=O) groups is 3. The van der Waals surface area contributed by atoms with Crippen LogP contribution in [0.15, 0.2) is 65.5 Å². The second-order valence-electron chi connectivity index (χ2n) is 7.91. The molecule has 11 heteroatoms. The summed E-state index contributed by atoms with van der Waals surface area (Å²) in [4.78, 5) is 50.1. The van der Waals surface area contributed by atoms with Crippen molar-refractivity contribution in [2.45, 2.75) is 25.4 Å². The van der Waals surface area contributed by atoms with Crippen molar-refractivity contribution in [2.75, 3.05) is 0 Å². The summed E-state index contributed by atoms with van der Waals surface area (Å²) in [6.45, 7) is 7.22. The van der Waals surface area contributed by atoms with Gasteiger partial charge in [0.05, 0.1) is 25.2 Å². The third kappa shape index (κ3) is 7.13. The highest BCUT2D eigenvalue weighted by Gasteiger charge is 2.27. The van der Waals surface area contributed by atoms with E-state index in [9.17, 15) is 18.8 Å². The van der Waals surface area contributed by atoms with Crippen LogP contribution in [0.5, 0.6) is 0 Å². The Labute approximate surface area is 220 Å². The summed E-state index contributed by atoms with van der Waals surface area (Å²) in [5.74, 6) is -2.61. The molecule has 0 aliphatic carbocycles. The fourth-order valence-electron chi connectivity index (χ4n) is 3.49. The van der Waals surface area contributed by atoms with Gasteiger partial charge in [-0.3, -0.25) is 14.4 Å². The summed E-state index contributed by atoms with van der Waals surface area (Å²) in [6, 6.07) is 11.9. The molecule has 0 saturated heterocycles. The number of rotatable bonds is 10. The third-order valence-corrected chi connectivity index (χ3v) is 6.91. The van der Waals surface area contributed by atoms with Crippen molar-refractivity contribution >= 4 is 46.0 Å². The van der Waals surface area contributed by atoms with Crippen molar-refractivity contribution in [3.05, 3.63) is 99.0 Å². The maximum atomic E-state index is 13.8. The minimum Gasteiger partial charge on any atom is -0.345 e. The highest BCUT2D eigenvalue weighted by Crippen LogP contribution is 2.28. The standard InChI is InChI=1S/C26H20FN5O3S2/c1-28-19-11-17(10-18(27)12-19)26-31-20(15-37-26)13-22(33)32-21(9-16-5-3-2-4-6-16)24(34)25(35)30-14-23-29-7-8-36-23/h2-8,10-12,15,21H,9,13-14H2,(H,30,35)(H,32,33)/t21-/m1/s1. The molecule has 2 heterocycles. The molecule has 186 valence electrons. The molecular weight excluding hydrogens is 513 g/mol. The number of amides is 2. The molecule has 0 bridgehead atoms. The van der Waals surface area contributed by atoms with Crippen LogP contribution in [0.25, 0.3) is 15.4 Å². The summed E-state index contributed by atoms with van der Waals surface area (Å²) in [5, 5.41) is 9.77.